The van der Waals surface area contributed by atoms with Crippen LogP contribution in [-0.2, 0) is 11.2 Å². The molecule has 92 valence electrons. The molecule has 1 fully saturated rings. The minimum absolute atomic E-state index is 0.0287. The summed E-state index contributed by atoms with van der Waals surface area (Å²) in [6, 6.07) is 6.17. The SMILES string of the molecule is O=C(Cc1cccc(F)c1)N1CCCC(Cl)C1. The van der Waals surface area contributed by atoms with Crippen molar-refractivity contribution in [2.24, 2.45) is 0 Å². The Morgan fingerprint density at radius 2 is 2.35 bits per heavy atom. The molecule has 0 radical (unpaired) electrons. The van der Waals surface area contributed by atoms with Crippen molar-refractivity contribution in [2.75, 3.05) is 13.1 Å². The van der Waals surface area contributed by atoms with Crippen LogP contribution >= 0.6 is 11.6 Å². The zero-order valence-electron chi connectivity index (χ0n) is 9.53. The van der Waals surface area contributed by atoms with E-state index in [-0.39, 0.29) is 23.5 Å². The first-order chi connectivity index (χ1) is 8.15. The molecule has 1 aromatic rings. The molecular weight excluding hydrogens is 241 g/mol. The maximum absolute atomic E-state index is 13.0. The standard InChI is InChI=1S/C13H15ClFNO/c14-11-4-2-6-16(9-11)13(17)8-10-3-1-5-12(15)7-10/h1,3,5,7,11H,2,4,6,8-9H2. The number of alkyl halides is 1. The van der Waals surface area contributed by atoms with E-state index in [1.807, 2.05) is 0 Å². The molecule has 1 amide bonds. The van der Waals surface area contributed by atoms with Gasteiger partial charge in [0.1, 0.15) is 5.82 Å². The average Bonchev–Trinajstić information content (AvgIpc) is 2.29. The lowest BCUT2D eigenvalue weighted by Gasteiger charge is -2.29. The van der Waals surface area contributed by atoms with E-state index < -0.39 is 0 Å². The van der Waals surface area contributed by atoms with Gasteiger partial charge in [-0.2, -0.15) is 0 Å². The molecule has 17 heavy (non-hydrogen) atoms. The molecule has 1 aliphatic rings. The highest BCUT2D eigenvalue weighted by atomic mass is 35.5. The Balaban J connectivity index is 1.96. The second kappa shape index (κ2) is 5.50. The highest BCUT2D eigenvalue weighted by Gasteiger charge is 2.21. The number of carbonyl (C=O) groups excluding carboxylic acids is 1. The fourth-order valence-electron chi connectivity index (χ4n) is 2.09. The van der Waals surface area contributed by atoms with Gasteiger partial charge in [-0.1, -0.05) is 12.1 Å². The molecule has 0 bridgehead atoms. The number of hydrogen-bond donors (Lipinski definition) is 0. The van der Waals surface area contributed by atoms with Crippen molar-refractivity contribution < 1.29 is 9.18 Å². The Bertz CT molecular complexity index is 410. The first-order valence-electron chi connectivity index (χ1n) is 5.81. The van der Waals surface area contributed by atoms with Crippen molar-refractivity contribution in [1.29, 1.82) is 0 Å². The molecule has 1 aliphatic heterocycles. The van der Waals surface area contributed by atoms with Crippen molar-refractivity contribution in [3.05, 3.63) is 35.6 Å². The normalized spacial score (nSPS) is 20.4. The van der Waals surface area contributed by atoms with Crippen LogP contribution in [0.3, 0.4) is 0 Å². The number of nitrogens with zero attached hydrogens (tertiary/aromatic N) is 1. The van der Waals surface area contributed by atoms with Gasteiger partial charge in [-0.05, 0) is 30.5 Å². The van der Waals surface area contributed by atoms with Crippen LogP contribution in [0.1, 0.15) is 18.4 Å². The van der Waals surface area contributed by atoms with Crippen molar-refractivity contribution in [3.63, 3.8) is 0 Å². The van der Waals surface area contributed by atoms with Crippen molar-refractivity contribution in [1.82, 2.24) is 4.90 Å². The quantitative estimate of drug-likeness (QED) is 0.744. The Morgan fingerprint density at radius 1 is 1.53 bits per heavy atom. The molecule has 1 atom stereocenters. The van der Waals surface area contributed by atoms with E-state index in [1.165, 1.54) is 12.1 Å². The number of rotatable bonds is 2. The zero-order chi connectivity index (χ0) is 12.3. The van der Waals surface area contributed by atoms with Crippen molar-refractivity contribution in [2.45, 2.75) is 24.6 Å². The molecule has 0 aromatic heterocycles. The van der Waals surface area contributed by atoms with Crippen LogP contribution in [0.15, 0.2) is 24.3 Å². The van der Waals surface area contributed by atoms with Crippen molar-refractivity contribution in [3.8, 4) is 0 Å². The Labute approximate surface area is 105 Å². The minimum Gasteiger partial charge on any atom is -0.341 e. The molecule has 0 spiro atoms. The van der Waals surface area contributed by atoms with Gasteiger partial charge in [-0.3, -0.25) is 4.79 Å². The number of benzene rings is 1. The Kier molecular flexibility index (Phi) is 4.00. The summed E-state index contributed by atoms with van der Waals surface area (Å²) < 4.78 is 13.0. The molecule has 4 heteroatoms. The Hall–Kier alpha value is -1.09. The van der Waals surface area contributed by atoms with Gasteiger partial charge in [0.05, 0.1) is 11.8 Å². The van der Waals surface area contributed by atoms with Gasteiger partial charge < -0.3 is 4.90 Å². The topological polar surface area (TPSA) is 20.3 Å². The molecular formula is C13H15ClFNO. The summed E-state index contributed by atoms with van der Waals surface area (Å²) in [7, 11) is 0. The van der Waals surface area contributed by atoms with Crippen molar-refractivity contribution >= 4 is 17.5 Å². The number of halogens is 2. The van der Waals surface area contributed by atoms with Crippen LogP contribution in [0.2, 0.25) is 0 Å². The second-order valence-corrected chi connectivity index (χ2v) is 5.00. The van der Waals surface area contributed by atoms with Gasteiger partial charge in [0.25, 0.3) is 0 Å². The van der Waals surface area contributed by atoms with Crippen LogP contribution in [0.4, 0.5) is 4.39 Å². The smallest absolute Gasteiger partial charge is 0.227 e. The first kappa shape index (κ1) is 12.4. The summed E-state index contributed by atoms with van der Waals surface area (Å²) in [6.07, 6.45) is 2.16. The second-order valence-electron chi connectivity index (χ2n) is 4.39. The highest BCUT2D eigenvalue weighted by molar-refractivity contribution is 6.20. The average molecular weight is 256 g/mol. The first-order valence-corrected chi connectivity index (χ1v) is 6.25. The number of likely N-dealkylation sites (tertiary alicyclic amines) is 1. The molecule has 1 saturated heterocycles. The third-order valence-electron chi connectivity index (χ3n) is 2.96. The van der Waals surface area contributed by atoms with E-state index in [9.17, 15) is 9.18 Å². The monoisotopic (exact) mass is 255 g/mol. The number of piperidine rings is 1. The van der Waals surface area contributed by atoms with Gasteiger partial charge in [0.2, 0.25) is 5.91 Å². The lowest BCUT2D eigenvalue weighted by Crippen LogP contribution is -2.41. The van der Waals surface area contributed by atoms with Crippen LogP contribution in [-0.4, -0.2) is 29.3 Å². The summed E-state index contributed by atoms with van der Waals surface area (Å²) in [5, 5.41) is 0.0557. The van der Waals surface area contributed by atoms with Crippen LogP contribution < -0.4 is 0 Å². The lowest BCUT2D eigenvalue weighted by atomic mass is 10.1. The summed E-state index contributed by atoms with van der Waals surface area (Å²) in [4.78, 5) is 13.7. The maximum Gasteiger partial charge on any atom is 0.227 e. The van der Waals surface area contributed by atoms with E-state index in [4.69, 9.17) is 11.6 Å². The van der Waals surface area contributed by atoms with Gasteiger partial charge in [0.15, 0.2) is 0 Å². The molecule has 2 nitrogen and oxygen atoms in total. The van der Waals surface area contributed by atoms with E-state index in [1.54, 1.807) is 17.0 Å². The van der Waals surface area contributed by atoms with Gasteiger partial charge in [0, 0.05) is 13.1 Å². The number of hydrogen-bond acceptors (Lipinski definition) is 1. The van der Waals surface area contributed by atoms with Crippen LogP contribution in [0, 0.1) is 5.82 Å². The summed E-state index contributed by atoms with van der Waals surface area (Å²) in [5.41, 5.74) is 0.715. The highest BCUT2D eigenvalue weighted by Crippen LogP contribution is 2.16. The predicted molar refractivity (Wildman–Crippen MR) is 65.6 cm³/mol. The number of carbonyl (C=O) groups is 1. The van der Waals surface area contributed by atoms with E-state index in [0.717, 1.165) is 19.4 Å². The van der Waals surface area contributed by atoms with Gasteiger partial charge in [-0.25, -0.2) is 4.39 Å². The van der Waals surface area contributed by atoms with Gasteiger partial charge >= 0.3 is 0 Å². The lowest BCUT2D eigenvalue weighted by molar-refractivity contribution is -0.131. The van der Waals surface area contributed by atoms with Gasteiger partial charge in [-0.15, -0.1) is 11.6 Å². The van der Waals surface area contributed by atoms with E-state index >= 15 is 0 Å². The molecule has 0 aliphatic carbocycles. The third kappa shape index (κ3) is 3.43. The van der Waals surface area contributed by atoms with Crippen LogP contribution in [0.25, 0.3) is 0 Å². The largest absolute Gasteiger partial charge is 0.341 e. The molecule has 1 aromatic carbocycles. The third-order valence-corrected chi connectivity index (χ3v) is 3.32. The number of amides is 1. The zero-order valence-corrected chi connectivity index (χ0v) is 10.3. The Morgan fingerprint density at radius 3 is 3.06 bits per heavy atom. The fraction of sp³-hybridized carbons (Fsp3) is 0.462. The molecule has 0 saturated carbocycles. The minimum atomic E-state index is -0.302. The molecule has 1 heterocycles. The molecule has 2 rings (SSSR count). The van der Waals surface area contributed by atoms with E-state index in [0.29, 0.717) is 12.1 Å². The maximum atomic E-state index is 13.0. The summed E-state index contributed by atoms with van der Waals surface area (Å²) in [5.74, 6) is -0.273. The predicted octanol–water partition coefficient (Wildman–Crippen LogP) is 2.60. The van der Waals surface area contributed by atoms with Crippen LogP contribution in [0.5, 0.6) is 0 Å². The summed E-state index contributed by atoms with van der Waals surface area (Å²) in [6.45, 7) is 1.37. The molecule has 0 N–H and O–H groups in total. The summed E-state index contributed by atoms with van der Waals surface area (Å²) >= 11 is 6.03. The van der Waals surface area contributed by atoms with E-state index in [2.05, 4.69) is 0 Å². The fourth-order valence-corrected chi connectivity index (χ4v) is 2.41. The molecule has 1 unspecified atom stereocenters.